The Balaban J connectivity index is 1.42. The smallest absolute Gasteiger partial charge is 0.337 e. The van der Waals surface area contributed by atoms with Gasteiger partial charge in [0.05, 0.1) is 18.8 Å². The van der Waals surface area contributed by atoms with Crippen molar-refractivity contribution < 1.29 is 19.4 Å². The number of fused-ring (bicyclic) bond motifs is 1. The molecule has 2 aliphatic rings. The van der Waals surface area contributed by atoms with Crippen LogP contribution in [0.25, 0.3) is 0 Å². The average Bonchev–Trinajstić information content (AvgIpc) is 3.16. The number of thioether (sulfide) groups is 1. The molecule has 29 heavy (non-hydrogen) atoms. The molecule has 2 aromatic rings. The van der Waals surface area contributed by atoms with Gasteiger partial charge in [-0.05, 0) is 61.3 Å². The van der Waals surface area contributed by atoms with Gasteiger partial charge in [0.15, 0.2) is 0 Å². The van der Waals surface area contributed by atoms with E-state index >= 15 is 0 Å². The lowest BCUT2D eigenvalue weighted by Crippen LogP contribution is -2.42. The van der Waals surface area contributed by atoms with Crippen molar-refractivity contribution in [2.75, 3.05) is 31.4 Å². The zero-order valence-corrected chi connectivity index (χ0v) is 17.5. The Morgan fingerprint density at radius 2 is 2.00 bits per heavy atom. The number of esters is 1. The van der Waals surface area contributed by atoms with Gasteiger partial charge in [-0.3, -0.25) is 0 Å². The van der Waals surface area contributed by atoms with Crippen LogP contribution in [0.4, 0.5) is 5.82 Å². The summed E-state index contributed by atoms with van der Waals surface area (Å²) in [4.78, 5) is 19.8. The van der Waals surface area contributed by atoms with E-state index < -0.39 is 12.1 Å². The fourth-order valence-corrected chi connectivity index (χ4v) is 4.74. The number of aliphatic hydroxyl groups excluding tert-OH is 1. The van der Waals surface area contributed by atoms with Gasteiger partial charge in [0.2, 0.25) is 0 Å². The van der Waals surface area contributed by atoms with Crippen molar-refractivity contribution in [1.29, 1.82) is 0 Å². The number of carbonyl (C=O) groups is 1. The van der Waals surface area contributed by atoms with Crippen LogP contribution in [-0.2, 0) is 4.74 Å². The Hall–Kier alpha value is -2.25. The lowest BCUT2D eigenvalue weighted by atomic mass is 9.78. The summed E-state index contributed by atoms with van der Waals surface area (Å²) in [5.41, 5.74) is 0.444. The van der Waals surface area contributed by atoms with E-state index in [0.717, 1.165) is 30.2 Å². The first-order valence-electron chi connectivity index (χ1n) is 9.85. The second kappa shape index (κ2) is 8.63. The van der Waals surface area contributed by atoms with Gasteiger partial charge in [0, 0.05) is 24.2 Å². The topological polar surface area (TPSA) is 71.9 Å². The fourth-order valence-electron chi connectivity index (χ4n) is 4.37. The molecular weight excluding hydrogens is 388 g/mol. The summed E-state index contributed by atoms with van der Waals surface area (Å²) in [5, 5.41) is 10.7. The summed E-state index contributed by atoms with van der Waals surface area (Å²) in [6.07, 6.45) is 4.65. The first kappa shape index (κ1) is 20.0. The minimum Gasteiger partial charge on any atom is -0.488 e. The van der Waals surface area contributed by atoms with Crippen molar-refractivity contribution in [2.24, 2.45) is 11.8 Å². The lowest BCUT2D eigenvalue weighted by Gasteiger charge is -2.35. The molecule has 2 heterocycles. The lowest BCUT2D eigenvalue weighted by molar-refractivity contribution is -0.0231. The summed E-state index contributed by atoms with van der Waals surface area (Å²) in [7, 11) is 1.36. The molecule has 154 valence electrons. The molecule has 6 nitrogen and oxygen atoms in total. The molecular formula is C22H26N2O4S. The third-order valence-electron chi connectivity index (χ3n) is 5.91. The maximum atomic E-state index is 11.7. The second-order valence-electron chi connectivity index (χ2n) is 7.70. The number of ether oxygens (including phenoxy) is 2. The van der Waals surface area contributed by atoms with Crippen LogP contribution in [-0.4, -0.2) is 54.7 Å². The van der Waals surface area contributed by atoms with Crippen LogP contribution in [0.1, 0.15) is 23.2 Å². The van der Waals surface area contributed by atoms with Crippen molar-refractivity contribution in [3.63, 3.8) is 0 Å². The largest absolute Gasteiger partial charge is 0.488 e. The second-order valence-corrected chi connectivity index (χ2v) is 8.58. The monoisotopic (exact) mass is 414 g/mol. The number of hydrogen-bond donors (Lipinski definition) is 1. The number of aromatic nitrogens is 1. The highest BCUT2D eigenvalue weighted by atomic mass is 32.2. The van der Waals surface area contributed by atoms with E-state index in [1.807, 2.05) is 18.5 Å². The highest BCUT2D eigenvalue weighted by molar-refractivity contribution is 7.98. The maximum Gasteiger partial charge on any atom is 0.337 e. The van der Waals surface area contributed by atoms with E-state index in [2.05, 4.69) is 22.0 Å². The van der Waals surface area contributed by atoms with Gasteiger partial charge in [-0.2, -0.15) is 0 Å². The molecule has 7 heteroatoms. The number of pyridine rings is 1. The van der Waals surface area contributed by atoms with Crippen LogP contribution in [0.3, 0.4) is 0 Å². The van der Waals surface area contributed by atoms with E-state index in [4.69, 9.17) is 9.47 Å². The quantitative estimate of drug-likeness (QED) is 0.595. The van der Waals surface area contributed by atoms with Gasteiger partial charge in [-0.15, -0.1) is 11.8 Å². The SMILES string of the molecule is COC(=O)c1cccc(O[C@@H]2C[C@@H]3CN(c4ccc(SC)cn4)C[C@@H]3C[C@H]2O)c1. The Morgan fingerprint density at radius 3 is 2.69 bits per heavy atom. The molecule has 1 aromatic carbocycles. The molecule has 4 atom stereocenters. The van der Waals surface area contributed by atoms with Crippen LogP contribution in [0.15, 0.2) is 47.5 Å². The van der Waals surface area contributed by atoms with Crippen molar-refractivity contribution >= 4 is 23.5 Å². The summed E-state index contributed by atoms with van der Waals surface area (Å²) < 4.78 is 10.9. The average molecular weight is 415 g/mol. The van der Waals surface area contributed by atoms with Gasteiger partial charge in [-0.1, -0.05) is 6.07 Å². The minimum atomic E-state index is -0.523. The fraction of sp³-hybridized carbons (Fsp3) is 0.455. The molecule has 1 aliphatic carbocycles. The van der Waals surface area contributed by atoms with Crippen molar-refractivity contribution in [3.8, 4) is 5.75 Å². The van der Waals surface area contributed by atoms with Gasteiger partial charge in [-0.25, -0.2) is 9.78 Å². The van der Waals surface area contributed by atoms with E-state index in [1.165, 1.54) is 7.11 Å². The summed E-state index contributed by atoms with van der Waals surface area (Å²) >= 11 is 1.69. The standard InChI is InChI=1S/C22H26N2O4S/c1-27-22(26)14-4-3-5-17(8-14)28-20-10-16-13-24(12-15(16)9-19(20)25)21-7-6-18(29-2)11-23-21/h3-8,11,15-16,19-20,25H,9-10,12-13H2,1-2H3/t15-,16+,19+,20+/m0/s1. The van der Waals surface area contributed by atoms with E-state index in [0.29, 0.717) is 29.6 Å². The number of benzene rings is 1. The van der Waals surface area contributed by atoms with Crippen molar-refractivity contribution in [1.82, 2.24) is 4.98 Å². The molecule has 2 fully saturated rings. The first-order chi connectivity index (χ1) is 14.1. The number of nitrogens with zero attached hydrogens (tertiary/aromatic N) is 2. The van der Waals surface area contributed by atoms with E-state index in [1.54, 1.807) is 30.0 Å². The van der Waals surface area contributed by atoms with Gasteiger partial charge < -0.3 is 19.5 Å². The number of hydrogen-bond acceptors (Lipinski definition) is 7. The van der Waals surface area contributed by atoms with Crippen molar-refractivity contribution in [2.45, 2.75) is 29.9 Å². The molecule has 1 N–H and O–H groups in total. The number of anilines is 1. The Labute approximate surface area is 175 Å². The zero-order chi connectivity index (χ0) is 20.4. The molecule has 4 rings (SSSR count). The summed E-state index contributed by atoms with van der Waals surface area (Å²) in [5.74, 6) is 2.07. The Kier molecular flexibility index (Phi) is 5.96. The normalized spacial score (nSPS) is 26.1. The molecule has 0 radical (unpaired) electrons. The minimum absolute atomic E-state index is 0.282. The first-order valence-corrected chi connectivity index (χ1v) is 11.1. The summed E-state index contributed by atoms with van der Waals surface area (Å²) in [6.45, 7) is 1.84. The summed E-state index contributed by atoms with van der Waals surface area (Å²) in [6, 6.07) is 11.1. The Bertz CT molecular complexity index is 860. The molecule has 1 aliphatic heterocycles. The number of carbonyl (C=O) groups excluding carboxylic acids is 1. The van der Waals surface area contributed by atoms with Gasteiger partial charge in [0.1, 0.15) is 17.7 Å². The number of rotatable bonds is 5. The number of aliphatic hydroxyl groups is 1. The molecule has 0 unspecified atom stereocenters. The molecule has 0 bridgehead atoms. The molecule has 1 saturated carbocycles. The third-order valence-corrected chi connectivity index (χ3v) is 6.62. The third kappa shape index (κ3) is 4.36. The van der Waals surface area contributed by atoms with Gasteiger partial charge >= 0.3 is 5.97 Å². The van der Waals surface area contributed by atoms with Crippen LogP contribution >= 0.6 is 11.8 Å². The zero-order valence-electron chi connectivity index (χ0n) is 16.7. The van der Waals surface area contributed by atoms with Crippen LogP contribution < -0.4 is 9.64 Å². The van der Waals surface area contributed by atoms with E-state index in [-0.39, 0.29) is 6.10 Å². The molecule has 0 spiro atoms. The van der Waals surface area contributed by atoms with E-state index in [9.17, 15) is 9.90 Å². The van der Waals surface area contributed by atoms with Crippen molar-refractivity contribution in [3.05, 3.63) is 48.2 Å². The predicted octanol–water partition coefficient (Wildman–Crippen LogP) is 3.24. The maximum absolute atomic E-state index is 11.7. The highest BCUT2D eigenvalue weighted by Gasteiger charge is 2.43. The van der Waals surface area contributed by atoms with Crippen LogP contribution in [0.5, 0.6) is 5.75 Å². The van der Waals surface area contributed by atoms with Crippen LogP contribution in [0.2, 0.25) is 0 Å². The molecule has 0 amide bonds. The molecule has 1 aromatic heterocycles. The Morgan fingerprint density at radius 1 is 1.21 bits per heavy atom. The molecule has 1 saturated heterocycles. The number of methoxy groups -OCH3 is 1. The highest BCUT2D eigenvalue weighted by Crippen LogP contribution is 2.39. The van der Waals surface area contributed by atoms with Gasteiger partial charge in [0.25, 0.3) is 0 Å². The predicted molar refractivity (Wildman–Crippen MR) is 113 cm³/mol. The van der Waals surface area contributed by atoms with Crippen LogP contribution in [0, 0.1) is 11.8 Å².